The maximum absolute atomic E-state index is 4.11. The van der Waals surface area contributed by atoms with Gasteiger partial charge < -0.3 is 5.32 Å². The first-order valence-corrected chi connectivity index (χ1v) is 5.84. The molecule has 3 heteroatoms. The van der Waals surface area contributed by atoms with Crippen molar-refractivity contribution >= 4 is 0 Å². The van der Waals surface area contributed by atoms with Crippen molar-refractivity contribution < 1.29 is 0 Å². The van der Waals surface area contributed by atoms with Crippen LogP contribution in [-0.2, 0) is 0 Å². The van der Waals surface area contributed by atoms with Crippen LogP contribution < -0.4 is 5.32 Å². The molecule has 3 rings (SSSR count). The highest BCUT2D eigenvalue weighted by atomic mass is 14.9. The van der Waals surface area contributed by atoms with E-state index in [0.29, 0.717) is 6.04 Å². The maximum atomic E-state index is 4.11. The molecular weight excluding hydrogens is 186 g/mol. The molecule has 3 nitrogen and oxygen atoms in total. The summed E-state index contributed by atoms with van der Waals surface area (Å²) in [5.74, 6) is 2.79. The second kappa shape index (κ2) is 3.56. The highest BCUT2D eigenvalue weighted by Crippen LogP contribution is 2.61. The Balaban J connectivity index is 1.78. The minimum Gasteiger partial charge on any atom is -0.313 e. The van der Waals surface area contributed by atoms with Gasteiger partial charge in [-0.25, -0.2) is 9.97 Å². The topological polar surface area (TPSA) is 37.8 Å². The Kier molecular flexibility index (Phi) is 2.20. The van der Waals surface area contributed by atoms with E-state index in [1.807, 2.05) is 19.4 Å². The molecule has 0 aliphatic heterocycles. The molecule has 0 spiro atoms. The Hall–Kier alpha value is -0.960. The van der Waals surface area contributed by atoms with Crippen molar-refractivity contribution in [1.82, 2.24) is 15.3 Å². The van der Waals surface area contributed by atoms with Crippen molar-refractivity contribution in [3.8, 4) is 0 Å². The van der Waals surface area contributed by atoms with Gasteiger partial charge in [0.15, 0.2) is 0 Å². The third kappa shape index (κ3) is 1.46. The van der Waals surface area contributed by atoms with Crippen molar-refractivity contribution in [2.24, 2.45) is 17.8 Å². The summed E-state index contributed by atoms with van der Waals surface area (Å²) in [7, 11) is 2.05. The van der Waals surface area contributed by atoms with Gasteiger partial charge in [0, 0.05) is 24.0 Å². The number of aromatic nitrogens is 2. The van der Waals surface area contributed by atoms with Crippen LogP contribution >= 0.6 is 0 Å². The van der Waals surface area contributed by atoms with E-state index in [1.165, 1.54) is 24.8 Å². The van der Waals surface area contributed by atoms with E-state index in [2.05, 4.69) is 15.3 Å². The molecular formula is C12H17N3. The summed E-state index contributed by atoms with van der Waals surface area (Å²) in [4.78, 5) is 8.21. The molecule has 2 saturated carbocycles. The second-order valence-corrected chi connectivity index (χ2v) is 4.77. The lowest BCUT2D eigenvalue weighted by Gasteiger charge is -2.17. The predicted molar refractivity (Wildman–Crippen MR) is 58.2 cm³/mol. The van der Waals surface area contributed by atoms with Crippen molar-refractivity contribution in [1.29, 1.82) is 0 Å². The molecule has 0 amide bonds. The number of fused-ring (bicyclic) bond motifs is 1. The van der Waals surface area contributed by atoms with Crippen LogP contribution in [0.3, 0.4) is 0 Å². The van der Waals surface area contributed by atoms with E-state index >= 15 is 0 Å². The fourth-order valence-corrected chi connectivity index (χ4v) is 3.42. The summed E-state index contributed by atoms with van der Waals surface area (Å²) >= 11 is 0. The van der Waals surface area contributed by atoms with E-state index in [9.17, 15) is 0 Å². The van der Waals surface area contributed by atoms with E-state index < -0.39 is 0 Å². The van der Waals surface area contributed by atoms with Crippen LogP contribution in [-0.4, -0.2) is 17.0 Å². The molecule has 0 radical (unpaired) electrons. The zero-order chi connectivity index (χ0) is 10.3. The van der Waals surface area contributed by atoms with Gasteiger partial charge in [-0.2, -0.15) is 0 Å². The number of hydrogen-bond donors (Lipinski definition) is 1. The van der Waals surface area contributed by atoms with Crippen molar-refractivity contribution in [3.63, 3.8) is 0 Å². The quantitative estimate of drug-likeness (QED) is 0.813. The van der Waals surface area contributed by atoms with Gasteiger partial charge in [-0.1, -0.05) is 6.42 Å². The largest absolute Gasteiger partial charge is 0.313 e. The summed E-state index contributed by atoms with van der Waals surface area (Å²) < 4.78 is 0. The Bertz CT molecular complexity index is 328. The van der Waals surface area contributed by atoms with Gasteiger partial charge in [0.05, 0.1) is 0 Å². The minimum atomic E-state index is 0.474. The first kappa shape index (κ1) is 9.28. The van der Waals surface area contributed by atoms with Crippen molar-refractivity contribution in [2.45, 2.75) is 25.3 Å². The molecule has 1 heterocycles. The fraction of sp³-hybridized carbons (Fsp3) is 0.667. The van der Waals surface area contributed by atoms with E-state index in [1.54, 1.807) is 6.33 Å². The lowest BCUT2D eigenvalue weighted by Crippen LogP contribution is -2.20. The van der Waals surface area contributed by atoms with Crippen molar-refractivity contribution in [2.75, 3.05) is 7.05 Å². The summed E-state index contributed by atoms with van der Waals surface area (Å²) in [6, 6.07) is 0.474. The summed E-state index contributed by atoms with van der Waals surface area (Å²) in [6.45, 7) is 0. The SMILES string of the molecule is CNC(c1cncnc1)C1C2CCCC21. The van der Waals surface area contributed by atoms with Gasteiger partial charge in [0.25, 0.3) is 0 Å². The fourth-order valence-electron chi connectivity index (χ4n) is 3.42. The average Bonchev–Trinajstić information content (AvgIpc) is 2.76. The van der Waals surface area contributed by atoms with Gasteiger partial charge in [-0.3, -0.25) is 0 Å². The van der Waals surface area contributed by atoms with Crippen LogP contribution in [0.15, 0.2) is 18.7 Å². The van der Waals surface area contributed by atoms with Crippen LogP contribution in [0.25, 0.3) is 0 Å². The highest BCUT2D eigenvalue weighted by Gasteiger charge is 2.55. The molecule has 0 saturated heterocycles. The minimum absolute atomic E-state index is 0.474. The smallest absolute Gasteiger partial charge is 0.115 e. The Morgan fingerprint density at radius 1 is 1.27 bits per heavy atom. The van der Waals surface area contributed by atoms with Crippen LogP contribution in [0.5, 0.6) is 0 Å². The van der Waals surface area contributed by atoms with Crippen LogP contribution in [0.4, 0.5) is 0 Å². The van der Waals surface area contributed by atoms with E-state index in [4.69, 9.17) is 0 Å². The van der Waals surface area contributed by atoms with Gasteiger partial charge in [0.1, 0.15) is 6.33 Å². The zero-order valence-electron chi connectivity index (χ0n) is 9.06. The third-order valence-corrected chi connectivity index (χ3v) is 4.11. The van der Waals surface area contributed by atoms with Crippen LogP contribution in [0, 0.1) is 17.8 Å². The normalized spacial score (nSPS) is 34.9. The molecule has 1 aromatic heterocycles. The maximum Gasteiger partial charge on any atom is 0.115 e. The molecule has 0 bridgehead atoms. The monoisotopic (exact) mass is 203 g/mol. The molecule has 80 valence electrons. The lowest BCUT2D eigenvalue weighted by molar-refractivity contribution is 0.442. The van der Waals surface area contributed by atoms with Crippen molar-refractivity contribution in [3.05, 3.63) is 24.3 Å². The number of hydrogen-bond acceptors (Lipinski definition) is 3. The van der Waals surface area contributed by atoms with Gasteiger partial charge >= 0.3 is 0 Å². The van der Waals surface area contributed by atoms with Crippen LogP contribution in [0.1, 0.15) is 30.9 Å². The van der Waals surface area contributed by atoms with Gasteiger partial charge in [-0.15, -0.1) is 0 Å². The Morgan fingerprint density at radius 3 is 2.53 bits per heavy atom. The molecule has 3 unspecified atom stereocenters. The van der Waals surface area contributed by atoms with E-state index in [0.717, 1.165) is 17.8 Å². The number of nitrogens with one attached hydrogen (secondary N) is 1. The molecule has 2 aliphatic carbocycles. The standard InChI is InChI=1S/C12H17N3/c1-13-12(8-5-14-7-15-6-8)11-9-3-2-4-10(9)11/h5-7,9-13H,2-4H2,1H3. The first-order valence-electron chi connectivity index (χ1n) is 5.84. The first-order chi connectivity index (χ1) is 7.42. The Labute approximate surface area is 90.3 Å². The van der Waals surface area contributed by atoms with Gasteiger partial charge in [0.2, 0.25) is 0 Å². The predicted octanol–water partition coefficient (Wildman–Crippen LogP) is 1.78. The zero-order valence-corrected chi connectivity index (χ0v) is 9.06. The van der Waals surface area contributed by atoms with Gasteiger partial charge in [-0.05, 0) is 37.6 Å². The summed E-state index contributed by atoms with van der Waals surface area (Å²) in [5, 5.41) is 3.43. The molecule has 2 aliphatic rings. The third-order valence-electron chi connectivity index (χ3n) is 4.11. The molecule has 1 N–H and O–H groups in total. The number of rotatable bonds is 3. The molecule has 15 heavy (non-hydrogen) atoms. The molecule has 3 atom stereocenters. The average molecular weight is 203 g/mol. The lowest BCUT2D eigenvalue weighted by atomic mass is 9.99. The molecule has 1 aromatic rings. The second-order valence-electron chi connectivity index (χ2n) is 4.77. The molecule has 0 aromatic carbocycles. The summed E-state index contributed by atoms with van der Waals surface area (Å²) in [5.41, 5.74) is 1.25. The Morgan fingerprint density at radius 2 is 1.93 bits per heavy atom. The van der Waals surface area contributed by atoms with Crippen LogP contribution in [0.2, 0.25) is 0 Å². The molecule has 2 fully saturated rings. The summed E-state index contributed by atoms with van der Waals surface area (Å²) in [6.07, 6.45) is 9.80. The number of nitrogens with zero attached hydrogens (tertiary/aromatic N) is 2. The van der Waals surface area contributed by atoms with E-state index in [-0.39, 0.29) is 0 Å². The highest BCUT2D eigenvalue weighted by molar-refractivity contribution is 5.18.